The molecule has 2 heteroatoms. The molecule has 0 atom stereocenters. The smallest absolute Gasteiger partial charge is 0.119 e. The lowest BCUT2D eigenvalue weighted by molar-refractivity contribution is 0.275. The van der Waals surface area contributed by atoms with Crippen molar-refractivity contribution in [3.05, 3.63) is 30.3 Å². The molecule has 19 heavy (non-hydrogen) atoms. The molecule has 0 aliphatic heterocycles. The van der Waals surface area contributed by atoms with Crippen molar-refractivity contribution < 1.29 is 4.74 Å². The first-order valence-electron chi connectivity index (χ1n) is 7.42. The summed E-state index contributed by atoms with van der Waals surface area (Å²) in [5, 5.41) is 3.64. The fourth-order valence-corrected chi connectivity index (χ4v) is 2.30. The van der Waals surface area contributed by atoms with Gasteiger partial charge in [-0.3, -0.25) is 0 Å². The number of rotatable bonds is 7. The van der Waals surface area contributed by atoms with Gasteiger partial charge in [0, 0.05) is 12.1 Å². The van der Waals surface area contributed by atoms with Crippen LogP contribution < -0.4 is 10.1 Å². The Morgan fingerprint density at radius 1 is 1.16 bits per heavy atom. The minimum Gasteiger partial charge on any atom is -0.494 e. The van der Waals surface area contributed by atoms with Gasteiger partial charge < -0.3 is 10.1 Å². The highest BCUT2D eigenvalue weighted by Gasteiger charge is 2.41. The van der Waals surface area contributed by atoms with E-state index in [0.29, 0.717) is 5.41 Å². The van der Waals surface area contributed by atoms with Crippen molar-refractivity contribution in [3.8, 4) is 5.75 Å². The van der Waals surface area contributed by atoms with Crippen LogP contribution in [0.4, 0.5) is 0 Å². The molecule has 0 unspecified atom stereocenters. The molecule has 0 amide bonds. The van der Waals surface area contributed by atoms with Gasteiger partial charge in [-0.2, -0.15) is 0 Å². The van der Waals surface area contributed by atoms with Crippen molar-refractivity contribution in [2.24, 2.45) is 5.41 Å². The lowest BCUT2D eigenvalue weighted by Gasteiger charge is -2.25. The van der Waals surface area contributed by atoms with E-state index in [9.17, 15) is 0 Å². The molecule has 1 aromatic carbocycles. The third-order valence-corrected chi connectivity index (χ3v) is 3.81. The van der Waals surface area contributed by atoms with Crippen molar-refractivity contribution >= 4 is 0 Å². The molecule has 1 fully saturated rings. The number of hydrogen-bond donors (Lipinski definition) is 1. The van der Waals surface area contributed by atoms with Crippen LogP contribution in [0.3, 0.4) is 0 Å². The average Bonchev–Trinajstić information content (AvgIpc) is 3.14. The maximum Gasteiger partial charge on any atom is 0.119 e. The summed E-state index contributed by atoms with van der Waals surface area (Å²) in [4.78, 5) is 0. The second kappa shape index (κ2) is 5.96. The Hall–Kier alpha value is -1.02. The zero-order valence-electron chi connectivity index (χ0n) is 12.5. The number of hydrogen-bond acceptors (Lipinski definition) is 2. The second-order valence-electron chi connectivity index (χ2n) is 6.87. The van der Waals surface area contributed by atoms with Gasteiger partial charge in [-0.1, -0.05) is 18.2 Å². The van der Waals surface area contributed by atoms with Gasteiger partial charge in [0.1, 0.15) is 5.75 Å². The summed E-state index contributed by atoms with van der Waals surface area (Å²) in [6, 6.07) is 10.1. The van der Waals surface area contributed by atoms with Crippen LogP contribution in [-0.2, 0) is 0 Å². The minimum atomic E-state index is 0.232. The molecule has 1 aliphatic rings. The summed E-state index contributed by atoms with van der Waals surface area (Å²) >= 11 is 0. The summed E-state index contributed by atoms with van der Waals surface area (Å²) in [7, 11) is 0. The molecule has 1 aromatic rings. The molecule has 1 saturated carbocycles. The predicted octanol–water partition coefficient (Wildman–Crippen LogP) is 4.01. The van der Waals surface area contributed by atoms with Gasteiger partial charge in [0.15, 0.2) is 0 Å². The third-order valence-electron chi connectivity index (χ3n) is 3.81. The quantitative estimate of drug-likeness (QED) is 0.749. The zero-order chi connectivity index (χ0) is 13.8. The summed E-state index contributed by atoms with van der Waals surface area (Å²) in [6.45, 7) is 8.70. The van der Waals surface area contributed by atoms with Gasteiger partial charge in [0.25, 0.3) is 0 Å². The Bertz CT molecular complexity index is 376. The van der Waals surface area contributed by atoms with Crippen molar-refractivity contribution in [2.75, 3.05) is 13.2 Å². The molecular weight excluding hydrogens is 234 g/mol. The highest BCUT2D eigenvalue weighted by Crippen LogP contribution is 2.49. The lowest BCUT2D eigenvalue weighted by atomic mass is 9.98. The van der Waals surface area contributed by atoms with Crippen molar-refractivity contribution in [1.82, 2.24) is 5.32 Å². The number of ether oxygens (including phenoxy) is 1. The van der Waals surface area contributed by atoms with E-state index in [4.69, 9.17) is 4.74 Å². The van der Waals surface area contributed by atoms with Crippen LogP contribution in [0, 0.1) is 5.41 Å². The van der Waals surface area contributed by atoms with E-state index in [1.54, 1.807) is 0 Å². The third kappa shape index (κ3) is 5.23. The Kier molecular flexibility index (Phi) is 4.51. The SMILES string of the molecule is CC(C)(C)NCC1(CCCOc2ccccc2)CC1. The number of benzene rings is 1. The topological polar surface area (TPSA) is 21.3 Å². The molecular formula is C17H27NO. The van der Waals surface area contributed by atoms with Crippen LogP contribution in [0.5, 0.6) is 5.75 Å². The molecule has 106 valence electrons. The standard InChI is InChI=1S/C17H27NO/c1-16(2,3)18-14-17(11-12-17)10-7-13-19-15-8-5-4-6-9-15/h4-6,8-9,18H,7,10-14H2,1-3H3. The van der Waals surface area contributed by atoms with E-state index in [-0.39, 0.29) is 5.54 Å². The molecule has 0 heterocycles. The van der Waals surface area contributed by atoms with E-state index in [1.807, 2.05) is 30.3 Å². The van der Waals surface area contributed by atoms with Crippen LogP contribution in [-0.4, -0.2) is 18.7 Å². The first-order valence-corrected chi connectivity index (χ1v) is 7.42. The lowest BCUT2D eigenvalue weighted by Crippen LogP contribution is -2.39. The van der Waals surface area contributed by atoms with Gasteiger partial charge in [0.2, 0.25) is 0 Å². The van der Waals surface area contributed by atoms with E-state index < -0.39 is 0 Å². The van der Waals surface area contributed by atoms with Gasteiger partial charge in [-0.15, -0.1) is 0 Å². The number of para-hydroxylation sites is 1. The molecule has 0 radical (unpaired) electrons. The largest absolute Gasteiger partial charge is 0.494 e. The Morgan fingerprint density at radius 3 is 2.42 bits per heavy atom. The Morgan fingerprint density at radius 2 is 1.84 bits per heavy atom. The van der Waals surface area contributed by atoms with Crippen molar-refractivity contribution in [1.29, 1.82) is 0 Å². The summed E-state index contributed by atoms with van der Waals surface area (Å²) in [5.74, 6) is 0.986. The molecule has 0 bridgehead atoms. The van der Waals surface area contributed by atoms with Crippen LogP contribution in [0.15, 0.2) is 30.3 Å². The monoisotopic (exact) mass is 261 g/mol. The van der Waals surface area contributed by atoms with E-state index in [1.165, 1.54) is 19.3 Å². The highest BCUT2D eigenvalue weighted by atomic mass is 16.5. The van der Waals surface area contributed by atoms with Crippen LogP contribution in [0.2, 0.25) is 0 Å². The summed E-state index contributed by atoms with van der Waals surface area (Å²) < 4.78 is 5.75. The Balaban J connectivity index is 1.63. The molecule has 0 aromatic heterocycles. The normalized spacial score (nSPS) is 17.2. The molecule has 1 N–H and O–H groups in total. The van der Waals surface area contributed by atoms with E-state index >= 15 is 0 Å². The van der Waals surface area contributed by atoms with E-state index in [2.05, 4.69) is 26.1 Å². The second-order valence-corrected chi connectivity index (χ2v) is 6.87. The first kappa shape index (κ1) is 14.4. The van der Waals surface area contributed by atoms with Gasteiger partial charge >= 0.3 is 0 Å². The van der Waals surface area contributed by atoms with Gasteiger partial charge in [-0.25, -0.2) is 0 Å². The molecule has 0 spiro atoms. The number of nitrogens with one attached hydrogen (secondary N) is 1. The molecule has 2 nitrogen and oxygen atoms in total. The summed E-state index contributed by atoms with van der Waals surface area (Å²) in [6.07, 6.45) is 5.19. The van der Waals surface area contributed by atoms with Crippen molar-refractivity contribution in [3.63, 3.8) is 0 Å². The van der Waals surface area contributed by atoms with Gasteiger partial charge in [0.05, 0.1) is 6.61 Å². The minimum absolute atomic E-state index is 0.232. The fraction of sp³-hybridized carbons (Fsp3) is 0.647. The predicted molar refractivity (Wildman–Crippen MR) is 80.6 cm³/mol. The fourth-order valence-electron chi connectivity index (χ4n) is 2.30. The maximum absolute atomic E-state index is 5.75. The van der Waals surface area contributed by atoms with Crippen molar-refractivity contribution in [2.45, 2.75) is 52.0 Å². The molecule has 1 aliphatic carbocycles. The molecule has 0 saturated heterocycles. The van der Waals surface area contributed by atoms with Crippen LogP contribution in [0.1, 0.15) is 46.5 Å². The van der Waals surface area contributed by atoms with Crippen LogP contribution >= 0.6 is 0 Å². The van der Waals surface area contributed by atoms with E-state index in [0.717, 1.165) is 25.3 Å². The van der Waals surface area contributed by atoms with Crippen LogP contribution in [0.25, 0.3) is 0 Å². The first-order chi connectivity index (χ1) is 8.99. The summed E-state index contributed by atoms with van der Waals surface area (Å²) in [5.41, 5.74) is 0.795. The maximum atomic E-state index is 5.75. The highest BCUT2D eigenvalue weighted by molar-refractivity contribution is 5.20. The average molecular weight is 261 g/mol. The van der Waals surface area contributed by atoms with Gasteiger partial charge in [-0.05, 0) is 64.0 Å². The Labute approximate surface area is 117 Å². The zero-order valence-corrected chi connectivity index (χ0v) is 12.5. The molecule has 2 rings (SSSR count).